The van der Waals surface area contributed by atoms with E-state index in [1.807, 2.05) is 6.08 Å². The fourth-order valence-electron chi connectivity index (χ4n) is 2.25. The summed E-state index contributed by atoms with van der Waals surface area (Å²) in [5, 5.41) is 0. The van der Waals surface area contributed by atoms with Crippen molar-refractivity contribution in [3.8, 4) is 0 Å². The molecule has 0 spiro atoms. The van der Waals surface area contributed by atoms with Crippen LogP contribution in [-0.4, -0.2) is 25.3 Å². The van der Waals surface area contributed by atoms with Crippen LogP contribution in [0.4, 0.5) is 0 Å². The second-order valence-electron chi connectivity index (χ2n) is 4.64. The Morgan fingerprint density at radius 2 is 2.53 bits per heavy atom. The summed E-state index contributed by atoms with van der Waals surface area (Å²) in [6.07, 6.45) is 10.7. The van der Waals surface area contributed by atoms with Gasteiger partial charge in [-0.25, -0.2) is 4.79 Å². The minimum absolute atomic E-state index is 0.0725. The molecule has 2 atom stereocenters. The molecule has 0 saturated carbocycles. The molecule has 3 heteroatoms. The van der Waals surface area contributed by atoms with Crippen molar-refractivity contribution >= 4 is 5.97 Å². The molecule has 0 N–H and O–H groups in total. The Hall–Kier alpha value is -1.35. The van der Waals surface area contributed by atoms with E-state index < -0.39 is 0 Å². The molecule has 2 unspecified atom stereocenters. The third kappa shape index (κ3) is 2.67. The predicted octanol–water partition coefficient (Wildman–Crippen LogP) is 2.40. The van der Waals surface area contributed by atoms with Gasteiger partial charge in [0.15, 0.2) is 0 Å². The molecule has 1 aliphatic heterocycles. The molecule has 0 aromatic heterocycles. The summed E-state index contributed by atoms with van der Waals surface area (Å²) in [5.41, 5.74) is 1.12. The van der Waals surface area contributed by atoms with E-state index in [-0.39, 0.29) is 17.5 Å². The van der Waals surface area contributed by atoms with Gasteiger partial charge in [0.1, 0.15) is 0 Å². The van der Waals surface area contributed by atoms with E-state index in [0.717, 1.165) is 18.6 Å². The number of carbonyl (C=O) groups is 1. The predicted molar refractivity (Wildman–Crippen MR) is 65.5 cm³/mol. The van der Waals surface area contributed by atoms with Crippen molar-refractivity contribution in [2.45, 2.75) is 26.4 Å². The van der Waals surface area contributed by atoms with Crippen LogP contribution in [0.1, 0.15) is 20.3 Å². The van der Waals surface area contributed by atoms with Crippen LogP contribution < -0.4 is 0 Å². The minimum Gasteiger partial charge on any atom is -0.463 e. The zero-order valence-corrected chi connectivity index (χ0v) is 10.3. The number of ether oxygens (including phenoxy) is 2. The van der Waals surface area contributed by atoms with Crippen LogP contribution in [-0.2, 0) is 14.3 Å². The highest BCUT2D eigenvalue weighted by atomic mass is 16.5. The lowest BCUT2D eigenvalue weighted by atomic mass is 9.78. The first kappa shape index (κ1) is 12.1. The fourth-order valence-corrected chi connectivity index (χ4v) is 2.25. The summed E-state index contributed by atoms with van der Waals surface area (Å²) < 4.78 is 10.5. The Kier molecular flexibility index (Phi) is 3.48. The van der Waals surface area contributed by atoms with Gasteiger partial charge in [-0.1, -0.05) is 25.2 Å². The molecule has 0 radical (unpaired) electrons. The van der Waals surface area contributed by atoms with E-state index in [2.05, 4.69) is 19.1 Å². The molecule has 92 valence electrons. The van der Waals surface area contributed by atoms with Crippen LogP contribution >= 0.6 is 0 Å². The Bertz CT molecular complexity index is 392. The average molecular weight is 234 g/mol. The summed E-state index contributed by atoms with van der Waals surface area (Å²) in [5.74, 6) is -0.295. The van der Waals surface area contributed by atoms with Crippen LogP contribution in [0, 0.1) is 5.41 Å². The lowest BCUT2D eigenvalue weighted by Crippen LogP contribution is -2.26. The minimum atomic E-state index is -0.295. The van der Waals surface area contributed by atoms with E-state index in [1.165, 1.54) is 6.08 Å². The Morgan fingerprint density at radius 3 is 3.29 bits per heavy atom. The lowest BCUT2D eigenvalue weighted by Gasteiger charge is -2.27. The van der Waals surface area contributed by atoms with Gasteiger partial charge in [-0.15, -0.1) is 0 Å². The van der Waals surface area contributed by atoms with Crippen molar-refractivity contribution in [2.24, 2.45) is 5.41 Å². The summed E-state index contributed by atoms with van der Waals surface area (Å²) in [6.45, 7) is 5.20. The molecule has 2 rings (SSSR count). The maximum atomic E-state index is 11.2. The number of carbonyl (C=O) groups excluding carboxylic acids is 1. The molecule has 1 fully saturated rings. The van der Waals surface area contributed by atoms with Gasteiger partial charge < -0.3 is 9.47 Å². The van der Waals surface area contributed by atoms with Gasteiger partial charge in [0, 0.05) is 18.1 Å². The van der Waals surface area contributed by atoms with Gasteiger partial charge in [0.2, 0.25) is 0 Å². The zero-order chi connectivity index (χ0) is 12.3. The quantitative estimate of drug-likeness (QED) is 0.555. The standard InChI is InChI=1S/C14H18O3/c1-3-16-13(15)7-5-11-4-6-12-14(2,10-11)8-9-17-12/h4-7,10,12H,3,8-9H2,1-2H3. The normalized spacial score (nSPS) is 31.4. The van der Waals surface area contributed by atoms with Crippen molar-refractivity contribution in [1.82, 2.24) is 0 Å². The maximum Gasteiger partial charge on any atom is 0.330 e. The van der Waals surface area contributed by atoms with Crippen LogP contribution in [0.15, 0.2) is 36.0 Å². The third-order valence-corrected chi connectivity index (χ3v) is 3.25. The van der Waals surface area contributed by atoms with E-state index >= 15 is 0 Å². The Labute approximate surface area is 102 Å². The van der Waals surface area contributed by atoms with Gasteiger partial charge in [-0.3, -0.25) is 0 Å². The SMILES string of the molecule is CCOC(=O)C=CC1=CC2(C)CCOC2C=C1. The second kappa shape index (κ2) is 4.88. The third-order valence-electron chi connectivity index (χ3n) is 3.25. The molecule has 1 saturated heterocycles. The van der Waals surface area contributed by atoms with E-state index in [1.54, 1.807) is 13.0 Å². The summed E-state index contributed by atoms with van der Waals surface area (Å²) in [7, 11) is 0. The topological polar surface area (TPSA) is 35.5 Å². The molecular formula is C14H18O3. The van der Waals surface area contributed by atoms with Gasteiger partial charge in [0.25, 0.3) is 0 Å². The molecule has 1 heterocycles. The van der Waals surface area contributed by atoms with Gasteiger partial charge in [-0.2, -0.15) is 0 Å². The number of allylic oxidation sites excluding steroid dienone is 3. The van der Waals surface area contributed by atoms with Gasteiger partial charge in [-0.05, 0) is 25.0 Å². The first-order valence-electron chi connectivity index (χ1n) is 6.01. The van der Waals surface area contributed by atoms with Crippen LogP contribution in [0.25, 0.3) is 0 Å². The maximum absolute atomic E-state index is 11.2. The van der Waals surface area contributed by atoms with Crippen molar-refractivity contribution in [2.75, 3.05) is 13.2 Å². The number of esters is 1. The first-order valence-corrected chi connectivity index (χ1v) is 6.01. The summed E-state index contributed by atoms with van der Waals surface area (Å²) in [6, 6.07) is 0. The highest BCUT2D eigenvalue weighted by Crippen LogP contribution is 2.40. The summed E-state index contributed by atoms with van der Waals surface area (Å²) in [4.78, 5) is 11.2. The molecule has 3 nitrogen and oxygen atoms in total. The molecular weight excluding hydrogens is 216 g/mol. The Morgan fingerprint density at radius 1 is 1.71 bits per heavy atom. The van der Waals surface area contributed by atoms with Gasteiger partial charge in [0.05, 0.1) is 12.7 Å². The molecule has 1 aliphatic carbocycles. The molecule has 0 amide bonds. The smallest absolute Gasteiger partial charge is 0.330 e. The molecule has 17 heavy (non-hydrogen) atoms. The number of hydrogen-bond donors (Lipinski definition) is 0. The van der Waals surface area contributed by atoms with Crippen molar-refractivity contribution in [3.05, 3.63) is 36.0 Å². The van der Waals surface area contributed by atoms with Crippen molar-refractivity contribution in [1.29, 1.82) is 0 Å². The fraction of sp³-hybridized carbons (Fsp3) is 0.500. The van der Waals surface area contributed by atoms with E-state index in [0.29, 0.717) is 6.61 Å². The molecule has 2 aliphatic rings. The monoisotopic (exact) mass is 234 g/mol. The largest absolute Gasteiger partial charge is 0.463 e. The average Bonchev–Trinajstić information content (AvgIpc) is 2.67. The molecule has 0 aromatic rings. The van der Waals surface area contributed by atoms with Crippen LogP contribution in [0.3, 0.4) is 0 Å². The summed E-state index contributed by atoms with van der Waals surface area (Å²) >= 11 is 0. The van der Waals surface area contributed by atoms with Crippen LogP contribution in [0.5, 0.6) is 0 Å². The van der Waals surface area contributed by atoms with Gasteiger partial charge >= 0.3 is 5.97 Å². The number of rotatable bonds is 3. The molecule has 0 aromatic carbocycles. The van der Waals surface area contributed by atoms with E-state index in [9.17, 15) is 4.79 Å². The zero-order valence-electron chi connectivity index (χ0n) is 10.3. The highest BCUT2D eigenvalue weighted by Gasteiger charge is 2.38. The molecule has 0 bridgehead atoms. The number of fused-ring (bicyclic) bond motifs is 1. The first-order chi connectivity index (χ1) is 8.14. The second-order valence-corrected chi connectivity index (χ2v) is 4.64. The highest BCUT2D eigenvalue weighted by molar-refractivity contribution is 5.82. The number of hydrogen-bond acceptors (Lipinski definition) is 3. The van der Waals surface area contributed by atoms with Crippen molar-refractivity contribution < 1.29 is 14.3 Å². The lowest BCUT2D eigenvalue weighted by molar-refractivity contribution is -0.137. The van der Waals surface area contributed by atoms with Crippen molar-refractivity contribution in [3.63, 3.8) is 0 Å². The van der Waals surface area contributed by atoms with Crippen LogP contribution in [0.2, 0.25) is 0 Å². The Balaban J connectivity index is 2.05. The van der Waals surface area contributed by atoms with E-state index in [4.69, 9.17) is 9.47 Å².